The quantitative estimate of drug-likeness (QED) is 0.750. The monoisotopic (exact) mass is 429 g/mol. The van der Waals surface area contributed by atoms with Crippen LogP contribution >= 0.6 is 12.4 Å². The summed E-state index contributed by atoms with van der Waals surface area (Å²) in [5.74, 6) is 1.14. The Bertz CT molecular complexity index is 829. The second kappa shape index (κ2) is 8.69. The highest BCUT2D eigenvalue weighted by Crippen LogP contribution is 2.29. The van der Waals surface area contributed by atoms with Crippen LogP contribution in [0.15, 0.2) is 4.90 Å². The Labute approximate surface area is 174 Å². The average molecular weight is 430 g/mol. The second-order valence-electron chi connectivity index (χ2n) is 8.08. The Kier molecular flexibility index (Phi) is 7.18. The highest BCUT2D eigenvalue weighted by molar-refractivity contribution is 7.89. The van der Waals surface area contributed by atoms with Crippen LogP contribution in [0.5, 0.6) is 0 Å². The van der Waals surface area contributed by atoms with Gasteiger partial charge < -0.3 is 10.2 Å². The van der Waals surface area contributed by atoms with Crippen molar-refractivity contribution in [2.75, 3.05) is 32.7 Å². The second-order valence-corrected chi connectivity index (χ2v) is 9.78. The van der Waals surface area contributed by atoms with Gasteiger partial charge in [0.2, 0.25) is 15.9 Å². The molecule has 1 aromatic rings. The zero-order valence-corrected chi connectivity index (χ0v) is 19.0. The lowest BCUT2D eigenvalue weighted by Gasteiger charge is -2.20. The zero-order chi connectivity index (χ0) is 19.9. The van der Waals surface area contributed by atoms with Crippen molar-refractivity contribution >= 4 is 28.3 Å². The Balaban J connectivity index is 0.00000280. The first-order valence-electron chi connectivity index (χ1n) is 9.68. The number of hydrogen-bond donors (Lipinski definition) is 2. The van der Waals surface area contributed by atoms with E-state index in [0.717, 1.165) is 54.0 Å². The van der Waals surface area contributed by atoms with Crippen LogP contribution in [0.2, 0.25) is 0 Å². The highest BCUT2D eigenvalue weighted by atomic mass is 35.5. The smallest absolute Gasteiger partial charge is 0.241 e. The van der Waals surface area contributed by atoms with E-state index in [1.807, 2.05) is 39.5 Å². The molecule has 2 fully saturated rings. The van der Waals surface area contributed by atoms with Crippen molar-refractivity contribution in [2.24, 2.45) is 11.8 Å². The number of nitrogens with zero attached hydrogens (tertiary/aromatic N) is 1. The maximum atomic E-state index is 12.9. The lowest BCUT2D eigenvalue weighted by atomic mass is 9.95. The first-order valence-corrected chi connectivity index (χ1v) is 11.2. The Morgan fingerprint density at radius 2 is 1.43 bits per heavy atom. The van der Waals surface area contributed by atoms with Crippen LogP contribution in [0.4, 0.5) is 0 Å². The van der Waals surface area contributed by atoms with Crippen molar-refractivity contribution in [3.8, 4) is 0 Å². The molecule has 8 heteroatoms. The standard InChI is InChI=1S/C20H31N3O3S.ClH/c1-12-13(2)15(4)20(16(5)14(12)3)27(25,26)22-7-6-19(24)23-10-17-8-21-9-18(17)11-23;/h17-18,21-22H,6-11H2,1-5H3;1H/t17-,18+;. The van der Waals surface area contributed by atoms with E-state index in [1.165, 1.54) is 0 Å². The predicted molar refractivity (Wildman–Crippen MR) is 114 cm³/mol. The van der Waals surface area contributed by atoms with Gasteiger partial charge in [-0.05, 0) is 74.3 Å². The van der Waals surface area contributed by atoms with Gasteiger partial charge in [-0.25, -0.2) is 13.1 Å². The number of sulfonamides is 1. The summed E-state index contributed by atoms with van der Waals surface area (Å²) in [6.07, 6.45) is 0.202. The zero-order valence-electron chi connectivity index (χ0n) is 17.4. The van der Waals surface area contributed by atoms with Crippen LogP contribution in [-0.4, -0.2) is 51.9 Å². The topological polar surface area (TPSA) is 78.5 Å². The summed E-state index contributed by atoms with van der Waals surface area (Å²) in [5, 5.41) is 3.36. The molecule has 1 amide bonds. The molecule has 3 rings (SSSR count). The van der Waals surface area contributed by atoms with Crippen molar-refractivity contribution in [1.29, 1.82) is 0 Å². The first kappa shape index (κ1) is 23.1. The molecule has 0 saturated carbocycles. The van der Waals surface area contributed by atoms with E-state index in [4.69, 9.17) is 0 Å². The van der Waals surface area contributed by atoms with Crippen molar-refractivity contribution in [1.82, 2.24) is 14.9 Å². The Morgan fingerprint density at radius 3 is 1.93 bits per heavy atom. The number of carbonyl (C=O) groups is 1. The van der Waals surface area contributed by atoms with Crippen LogP contribution in [0.1, 0.15) is 34.2 Å². The van der Waals surface area contributed by atoms with Crippen LogP contribution < -0.4 is 10.0 Å². The van der Waals surface area contributed by atoms with E-state index < -0.39 is 10.0 Å². The van der Waals surface area contributed by atoms with E-state index in [9.17, 15) is 13.2 Å². The number of fused-ring (bicyclic) bond motifs is 1. The van der Waals surface area contributed by atoms with Gasteiger partial charge in [-0.1, -0.05) is 0 Å². The number of hydrogen-bond acceptors (Lipinski definition) is 4. The molecule has 0 aliphatic carbocycles. The normalized spacial score (nSPS) is 21.5. The number of likely N-dealkylation sites (tertiary alicyclic amines) is 1. The molecule has 2 heterocycles. The van der Waals surface area contributed by atoms with Crippen LogP contribution in [0, 0.1) is 46.5 Å². The molecule has 0 unspecified atom stereocenters. The fourth-order valence-corrected chi connectivity index (χ4v) is 6.08. The lowest BCUT2D eigenvalue weighted by molar-refractivity contribution is -0.130. The lowest BCUT2D eigenvalue weighted by Crippen LogP contribution is -2.35. The summed E-state index contributed by atoms with van der Waals surface area (Å²) in [5.41, 5.74) is 4.72. The summed E-state index contributed by atoms with van der Waals surface area (Å²) in [6, 6.07) is 0. The van der Waals surface area contributed by atoms with Crippen molar-refractivity contribution in [2.45, 2.75) is 45.9 Å². The summed E-state index contributed by atoms with van der Waals surface area (Å²) < 4.78 is 28.5. The van der Waals surface area contributed by atoms with Gasteiger partial charge in [0.1, 0.15) is 0 Å². The third kappa shape index (κ3) is 4.22. The van der Waals surface area contributed by atoms with E-state index in [2.05, 4.69) is 10.0 Å². The van der Waals surface area contributed by atoms with Gasteiger partial charge in [-0.3, -0.25) is 4.79 Å². The Morgan fingerprint density at radius 1 is 0.964 bits per heavy atom. The third-order valence-corrected chi connectivity index (χ3v) is 8.31. The summed E-state index contributed by atoms with van der Waals surface area (Å²) in [7, 11) is -3.65. The Hall–Kier alpha value is -1.15. The van der Waals surface area contributed by atoms with E-state index >= 15 is 0 Å². The summed E-state index contributed by atoms with van der Waals surface area (Å²) in [4.78, 5) is 14.7. The molecule has 0 spiro atoms. The van der Waals surface area contributed by atoms with Crippen LogP contribution in [-0.2, 0) is 14.8 Å². The molecule has 1 aromatic carbocycles. The molecule has 2 N–H and O–H groups in total. The maximum Gasteiger partial charge on any atom is 0.241 e. The van der Waals surface area contributed by atoms with Gasteiger partial charge in [0.25, 0.3) is 0 Å². The largest absolute Gasteiger partial charge is 0.342 e. The minimum atomic E-state index is -3.65. The van der Waals surface area contributed by atoms with E-state index in [0.29, 0.717) is 16.7 Å². The van der Waals surface area contributed by atoms with Crippen molar-refractivity contribution in [3.05, 3.63) is 27.8 Å². The summed E-state index contributed by atoms with van der Waals surface area (Å²) >= 11 is 0. The molecule has 2 saturated heterocycles. The van der Waals surface area contributed by atoms with Gasteiger partial charge in [0.15, 0.2) is 0 Å². The molecule has 2 aliphatic heterocycles. The molecule has 0 bridgehead atoms. The van der Waals surface area contributed by atoms with E-state index in [-0.39, 0.29) is 31.3 Å². The van der Waals surface area contributed by atoms with Gasteiger partial charge >= 0.3 is 0 Å². The number of rotatable bonds is 5. The molecule has 28 heavy (non-hydrogen) atoms. The van der Waals surface area contributed by atoms with Gasteiger partial charge in [0, 0.05) is 39.1 Å². The fraction of sp³-hybridized carbons (Fsp3) is 0.650. The number of carbonyl (C=O) groups excluding carboxylic acids is 1. The highest BCUT2D eigenvalue weighted by Gasteiger charge is 2.37. The molecular formula is C20H32ClN3O3S. The fourth-order valence-electron chi connectivity index (χ4n) is 4.45. The van der Waals surface area contributed by atoms with Gasteiger partial charge in [-0.15, -0.1) is 12.4 Å². The molecule has 158 valence electrons. The molecular weight excluding hydrogens is 398 g/mol. The molecule has 0 radical (unpaired) electrons. The SMILES string of the molecule is Cc1c(C)c(C)c(S(=O)(=O)NCCC(=O)N2C[C@H]3CNC[C@H]3C2)c(C)c1C.Cl. The number of amides is 1. The summed E-state index contributed by atoms with van der Waals surface area (Å²) in [6.45, 7) is 13.3. The molecule has 6 nitrogen and oxygen atoms in total. The molecule has 2 aliphatic rings. The predicted octanol–water partition coefficient (Wildman–Crippen LogP) is 2.00. The first-order chi connectivity index (χ1) is 12.6. The van der Waals surface area contributed by atoms with Gasteiger partial charge in [0.05, 0.1) is 4.90 Å². The maximum absolute atomic E-state index is 12.9. The number of nitrogens with one attached hydrogen (secondary N) is 2. The molecule has 0 aromatic heterocycles. The minimum Gasteiger partial charge on any atom is -0.342 e. The van der Waals surface area contributed by atoms with E-state index in [1.54, 1.807) is 0 Å². The van der Waals surface area contributed by atoms with Crippen LogP contribution in [0.25, 0.3) is 0 Å². The number of benzene rings is 1. The van der Waals surface area contributed by atoms with Crippen molar-refractivity contribution in [3.63, 3.8) is 0 Å². The van der Waals surface area contributed by atoms with Crippen molar-refractivity contribution < 1.29 is 13.2 Å². The average Bonchev–Trinajstić information content (AvgIpc) is 3.19. The third-order valence-electron chi connectivity index (χ3n) is 6.57. The molecule has 2 atom stereocenters. The van der Waals surface area contributed by atoms with Gasteiger partial charge in [-0.2, -0.15) is 0 Å². The van der Waals surface area contributed by atoms with Crippen LogP contribution in [0.3, 0.4) is 0 Å². The minimum absolute atomic E-state index is 0. The number of halogens is 1.